The Hall–Kier alpha value is -4.64. The zero-order chi connectivity index (χ0) is 27.2. The van der Waals surface area contributed by atoms with E-state index in [-0.39, 0.29) is 9.80 Å². The smallest absolute Gasteiger partial charge is 0.216 e. The summed E-state index contributed by atoms with van der Waals surface area (Å²) in [5.74, 6) is 0.664. The molecule has 4 aromatic carbocycles. The van der Waals surface area contributed by atoms with Crippen molar-refractivity contribution in [1.82, 2.24) is 9.78 Å². The van der Waals surface area contributed by atoms with Gasteiger partial charge in [0.1, 0.15) is 29.0 Å². The number of rotatable bonds is 8. The lowest BCUT2D eigenvalue weighted by Crippen LogP contribution is -2.03. The summed E-state index contributed by atoms with van der Waals surface area (Å²) in [6.45, 7) is 0.385. The van der Waals surface area contributed by atoms with Gasteiger partial charge in [0.05, 0.1) is 10.6 Å². The Morgan fingerprint density at radius 3 is 2.18 bits per heavy atom. The lowest BCUT2D eigenvalue weighted by atomic mass is 10.1. The number of para-hydroxylation sites is 1. The predicted octanol–water partition coefficient (Wildman–Crippen LogP) is 7.11. The van der Waals surface area contributed by atoms with Crippen LogP contribution in [0.25, 0.3) is 23.0 Å². The molecule has 0 aliphatic heterocycles. The molecule has 5 aromatic rings. The van der Waals surface area contributed by atoms with E-state index >= 15 is 0 Å². The number of aromatic nitrogens is 2. The summed E-state index contributed by atoms with van der Waals surface area (Å²) >= 11 is 5.95. The minimum Gasteiger partial charge on any atom is -0.489 e. The maximum atomic E-state index is 13.2. The fraction of sp³-hybridized carbons (Fsp3) is 0.0323. The monoisotopic (exact) mass is 551 g/mol. The van der Waals surface area contributed by atoms with Crippen LogP contribution in [0.5, 0.6) is 5.75 Å². The van der Waals surface area contributed by atoms with Crippen molar-refractivity contribution in [2.75, 3.05) is 0 Å². The summed E-state index contributed by atoms with van der Waals surface area (Å²) in [7, 11) is -4.01. The maximum absolute atomic E-state index is 13.2. The molecule has 0 unspecified atom stereocenters. The summed E-state index contributed by atoms with van der Waals surface area (Å²) in [4.78, 5) is -0.317. The van der Waals surface area contributed by atoms with Crippen molar-refractivity contribution in [3.05, 3.63) is 136 Å². The van der Waals surface area contributed by atoms with E-state index in [4.69, 9.17) is 21.4 Å². The van der Waals surface area contributed by atoms with Crippen LogP contribution in [-0.2, 0) is 16.4 Å². The average Bonchev–Trinajstić information content (AvgIpc) is 3.40. The highest BCUT2D eigenvalue weighted by Crippen LogP contribution is 2.30. The minimum absolute atomic E-state index is 0.0528. The molecule has 6 nitrogen and oxygen atoms in total. The van der Waals surface area contributed by atoms with Gasteiger partial charge in [-0.1, -0.05) is 60.1 Å². The van der Waals surface area contributed by atoms with E-state index in [1.165, 1.54) is 18.2 Å². The standard InChI is InChI=1S/C31H22ClN3O3S/c32-26-15-11-23(12-16-26)22-38-28-17-13-24(14-18-28)31-25(21-35(34-31)27-7-3-1-4-8-27)19-30(20-33)39(36,37)29-9-5-2-6-10-29/h1-19,21H,22H2. The first-order chi connectivity index (χ1) is 18.9. The van der Waals surface area contributed by atoms with E-state index in [2.05, 4.69) is 0 Å². The second-order valence-corrected chi connectivity index (χ2v) is 10.9. The van der Waals surface area contributed by atoms with Gasteiger partial charge in [-0.15, -0.1) is 0 Å². The molecule has 8 heteroatoms. The van der Waals surface area contributed by atoms with Crippen LogP contribution in [0.1, 0.15) is 11.1 Å². The molecule has 0 fully saturated rings. The van der Waals surface area contributed by atoms with Gasteiger partial charge >= 0.3 is 0 Å². The van der Waals surface area contributed by atoms with Crippen molar-refractivity contribution in [2.24, 2.45) is 0 Å². The molecule has 0 amide bonds. The Morgan fingerprint density at radius 1 is 0.897 bits per heavy atom. The van der Waals surface area contributed by atoms with Crippen LogP contribution >= 0.6 is 11.6 Å². The lowest BCUT2D eigenvalue weighted by Gasteiger charge is -2.08. The normalized spacial score (nSPS) is 11.6. The third-order valence-corrected chi connectivity index (χ3v) is 7.88. The fourth-order valence-electron chi connectivity index (χ4n) is 3.92. The maximum Gasteiger partial charge on any atom is 0.216 e. The Bertz CT molecular complexity index is 1760. The molecular weight excluding hydrogens is 530 g/mol. The SMILES string of the molecule is N#CC(=Cc1cn(-c2ccccc2)nc1-c1ccc(OCc2ccc(Cl)cc2)cc1)S(=O)(=O)c1ccccc1. The fourth-order valence-corrected chi connectivity index (χ4v) is 5.22. The van der Waals surface area contributed by atoms with Gasteiger partial charge in [-0.3, -0.25) is 0 Å². The third-order valence-electron chi connectivity index (χ3n) is 5.95. The number of hydrogen-bond acceptors (Lipinski definition) is 5. The van der Waals surface area contributed by atoms with Crippen LogP contribution < -0.4 is 4.74 Å². The van der Waals surface area contributed by atoms with Crippen LogP contribution in [0.15, 0.2) is 125 Å². The van der Waals surface area contributed by atoms with E-state index < -0.39 is 9.84 Å². The number of halogens is 1. The summed E-state index contributed by atoms with van der Waals surface area (Å²) < 4.78 is 34.0. The van der Waals surface area contributed by atoms with Gasteiger partial charge < -0.3 is 4.74 Å². The van der Waals surface area contributed by atoms with Gasteiger partial charge in [-0.25, -0.2) is 13.1 Å². The third kappa shape index (κ3) is 5.93. The molecule has 0 saturated heterocycles. The van der Waals surface area contributed by atoms with Crippen LogP contribution in [0.3, 0.4) is 0 Å². The number of nitriles is 1. The van der Waals surface area contributed by atoms with Gasteiger partial charge in [-0.05, 0) is 72.3 Å². The van der Waals surface area contributed by atoms with Gasteiger partial charge in [0, 0.05) is 22.3 Å². The molecule has 0 radical (unpaired) electrons. The molecule has 1 aromatic heterocycles. The zero-order valence-electron chi connectivity index (χ0n) is 20.6. The molecule has 39 heavy (non-hydrogen) atoms. The van der Waals surface area contributed by atoms with E-state index in [0.29, 0.717) is 28.6 Å². The topological polar surface area (TPSA) is 85.0 Å². The number of hydrogen-bond donors (Lipinski definition) is 0. The van der Waals surface area contributed by atoms with E-state index in [1.54, 1.807) is 29.1 Å². The molecule has 0 N–H and O–H groups in total. The molecule has 5 rings (SSSR count). The van der Waals surface area contributed by atoms with Crippen molar-refractivity contribution in [1.29, 1.82) is 5.26 Å². The van der Waals surface area contributed by atoms with Gasteiger partial charge in [-0.2, -0.15) is 10.4 Å². The second kappa shape index (κ2) is 11.4. The summed E-state index contributed by atoms with van der Waals surface area (Å²) in [5, 5.41) is 15.2. The van der Waals surface area contributed by atoms with Crippen LogP contribution in [0.2, 0.25) is 5.02 Å². The van der Waals surface area contributed by atoms with Gasteiger partial charge in [0.25, 0.3) is 0 Å². The largest absolute Gasteiger partial charge is 0.489 e. The Labute approximate surface area is 231 Å². The molecule has 0 bridgehead atoms. The first-order valence-corrected chi connectivity index (χ1v) is 13.8. The van der Waals surface area contributed by atoms with E-state index in [9.17, 15) is 13.7 Å². The van der Waals surface area contributed by atoms with Gasteiger partial charge in [0.2, 0.25) is 9.84 Å². The Morgan fingerprint density at radius 2 is 1.54 bits per heavy atom. The highest BCUT2D eigenvalue weighted by molar-refractivity contribution is 7.95. The zero-order valence-corrected chi connectivity index (χ0v) is 22.2. The molecule has 0 atom stereocenters. The van der Waals surface area contributed by atoms with Crippen molar-refractivity contribution in [3.8, 4) is 28.8 Å². The lowest BCUT2D eigenvalue weighted by molar-refractivity contribution is 0.306. The summed E-state index contributed by atoms with van der Waals surface area (Å²) in [5.41, 5.74) is 3.54. The average molecular weight is 552 g/mol. The number of allylic oxidation sites excluding steroid dienone is 1. The van der Waals surface area contributed by atoms with Crippen molar-refractivity contribution in [2.45, 2.75) is 11.5 Å². The Kier molecular flexibility index (Phi) is 7.60. The predicted molar refractivity (Wildman–Crippen MR) is 152 cm³/mol. The highest BCUT2D eigenvalue weighted by Gasteiger charge is 2.22. The molecule has 0 aliphatic carbocycles. The number of ether oxygens (including phenoxy) is 1. The molecule has 0 aliphatic rings. The highest BCUT2D eigenvalue weighted by atomic mass is 35.5. The molecule has 1 heterocycles. The molecular formula is C31H22ClN3O3S. The van der Waals surface area contributed by atoms with Crippen LogP contribution in [-0.4, -0.2) is 18.2 Å². The minimum atomic E-state index is -4.01. The van der Waals surface area contributed by atoms with E-state index in [1.807, 2.05) is 84.9 Å². The summed E-state index contributed by atoms with van der Waals surface area (Å²) in [6, 6.07) is 34.0. The molecule has 0 saturated carbocycles. The second-order valence-electron chi connectivity index (χ2n) is 8.59. The van der Waals surface area contributed by atoms with Crippen molar-refractivity contribution < 1.29 is 13.2 Å². The molecule has 0 spiro atoms. The first kappa shape index (κ1) is 26.0. The number of benzene rings is 4. The van der Waals surface area contributed by atoms with Crippen LogP contribution in [0, 0.1) is 11.3 Å². The quantitative estimate of drug-likeness (QED) is 0.192. The van der Waals surface area contributed by atoms with Crippen LogP contribution in [0.4, 0.5) is 0 Å². The van der Waals surface area contributed by atoms with E-state index in [0.717, 1.165) is 16.8 Å². The number of sulfone groups is 1. The molecule has 192 valence electrons. The Balaban J connectivity index is 1.50. The van der Waals surface area contributed by atoms with Crippen molar-refractivity contribution in [3.63, 3.8) is 0 Å². The number of nitrogens with zero attached hydrogens (tertiary/aromatic N) is 3. The summed E-state index contributed by atoms with van der Waals surface area (Å²) in [6.07, 6.45) is 3.09. The first-order valence-electron chi connectivity index (χ1n) is 12.0. The van der Waals surface area contributed by atoms with Gasteiger partial charge in [0.15, 0.2) is 0 Å². The van der Waals surface area contributed by atoms with Crippen molar-refractivity contribution >= 4 is 27.5 Å².